The molecule has 0 atom stereocenters. The number of benzene rings is 2. The maximum Gasteiger partial charge on any atom is 0.406 e. The Bertz CT molecular complexity index is 977. The number of nitrogens with one attached hydrogen (secondary N) is 1. The predicted molar refractivity (Wildman–Crippen MR) is 115 cm³/mol. The summed E-state index contributed by atoms with van der Waals surface area (Å²) in [5, 5.41) is 5.00. The maximum absolute atomic E-state index is 13.2. The SMILES string of the molecule is COC(=O)NCCCC(=O)N(Cc1ccccc1)c1nc(-c2ccc(F)cc2)cs1. The third kappa shape index (κ3) is 5.87. The van der Waals surface area contributed by atoms with E-state index >= 15 is 0 Å². The van der Waals surface area contributed by atoms with Crippen LogP contribution in [-0.2, 0) is 16.1 Å². The van der Waals surface area contributed by atoms with Crippen LogP contribution in [-0.4, -0.2) is 30.6 Å². The van der Waals surface area contributed by atoms with E-state index in [2.05, 4.69) is 15.0 Å². The molecule has 0 radical (unpaired) electrons. The average Bonchev–Trinajstić information content (AvgIpc) is 3.25. The van der Waals surface area contributed by atoms with E-state index in [0.29, 0.717) is 30.3 Å². The molecule has 0 spiro atoms. The predicted octanol–water partition coefficient (Wildman–Crippen LogP) is 4.62. The van der Waals surface area contributed by atoms with Gasteiger partial charge in [-0.3, -0.25) is 9.69 Å². The summed E-state index contributed by atoms with van der Waals surface area (Å²) in [6.07, 6.45) is 0.213. The Morgan fingerprint density at radius 2 is 1.87 bits per heavy atom. The first kappa shape index (κ1) is 21.4. The number of carbonyl (C=O) groups excluding carboxylic acids is 2. The number of hydrogen-bond acceptors (Lipinski definition) is 5. The maximum atomic E-state index is 13.2. The van der Waals surface area contributed by atoms with Crippen LogP contribution in [0.2, 0.25) is 0 Å². The molecular formula is C22H22FN3O3S. The van der Waals surface area contributed by atoms with E-state index in [9.17, 15) is 14.0 Å². The lowest BCUT2D eigenvalue weighted by atomic mass is 10.2. The normalized spacial score (nSPS) is 10.5. The molecule has 3 aromatic rings. The Morgan fingerprint density at radius 1 is 1.13 bits per heavy atom. The Labute approximate surface area is 178 Å². The van der Waals surface area contributed by atoms with Crippen molar-refractivity contribution in [1.29, 1.82) is 0 Å². The molecule has 1 aromatic heterocycles. The summed E-state index contributed by atoms with van der Waals surface area (Å²) in [6, 6.07) is 15.8. The zero-order valence-electron chi connectivity index (χ0n) is 16.5. The number of nitrogens with zero attached hydrogens (tertiary/aromatic N) is 2. The zero-order valence-corrected chi connectivity index (χ0v) is 17.3. The molecule has 0 aliphatic heterocycles. The number of carbonyl (C=O) groups is 2. The lowest BCUT2D eigenvalue weighted by Gasteiger charge is -2.20. The highest BCUT2D eigenvalue weighted by molar-refractivity contribution is 7.14. The minimum absolute atomic E-state index is 0.0921. The molecule has 2 aromatic carbocycles. The second-order valence-electron chi connectivity index (χ2n) is 6.51. The molecule has 0 aliphatic carbocycles. The standard InChI is InChI=1S/C22H22FN3O3S/c1-29-22(28)24-13-5-8-20(27)26(14-16-6-3-2-4-7-16)21-25-19(15-30-21)17-9-11-18(23)12-10-17/h2-4,6-7,9-12,15H,5,8,13-14H2,1H3,(H,24,28). The van der Waals surface area contributed by atoms with Gasteiger partial charge in [-0.05, 0) is 36.2 Å². The van der Waals surface area contributed by atoms with Gasteiger partial charge in [0, 0.05) is 23.9 Å². The van der Waals surface area contributed by atoms with Gasteiger partial charge < -0.3 is 10.1 Å². The van der Waals surface area contributed by atoms with Gasteiger partial charge in [-0.2, -0.15) is 0 Å². The van der Waals surface area contributed by atoms with Gasteiger partial charge in [0.2, 0.25) is 5.91 Å². The molecule has 6 nitrogen and oxygen atoms in total. The number of halogens is 1. The van der Waals surface area contributed by atoms with Crippen molar-refractivity contribution in [3.05, 3.63) is 71.4 Å². The summed E-state index contributed by atoms with van der Waals surface area (Å²) in [4.78, 5) is 30.4. The number of methoxy groups -OCH3 is 1. The van der Waals surface area contributed by atoms with Crippen molar-refractivity contribution in [2.45, 2.75) is 19.4 Å². The number of rotatable bonds is 8. The van der Waals surface area contributed by atoms with Crippen LogP contribution < -0.4 is 10.2 Å². The molecule has 0 bridgehead atoms. The summed E-state index contributed by atoms with van der Waals surface area (Å²) in [6.45, 7) is 0.733. The fourth-order valence-corrected chi connectivity index (χ4v) is 3.66. The van der Waals surface area contributed by atoms with Crippen molar-refractivity contribution in [2.24, 2.45) is 0 Å². The second-order valence-corrected chi connectivity index (χ2v) is 7.35. The fraction of sp³-hybridized carbons (Fsp3) is 0.227. The molecule has 156 valence electrons. The van der Waals surface area contributed by atoms with Crippen LogP contribution in [0.4, 0.5) is 14.3 Å². The third-order valence-electron chi connectivity index (χ3n) is 4.37. The van der Waals surface area contributed by atoms with Gasteiger partial charge in [-0.25, -0.2) is 14.2 Å². The molecule has 0 aliphatic rings. The van der Waals surface area contributed by atoms with Crippen LogP contribution in [0.5, 0.6) is 0 Å². The van der Waals surface area contributed by atoms with Crippen LogP contribution in [0.1, 0.15) is 18.4 Å². The molecule has 8 heteroatoms. The second kappa shape index (κ2) is 10.5. The number of aromatic nitrogens is 1. The van der Waals surface area contributed by atoms with E-state index in [1.54, 1.807) is 17.0 Å². The molecular weight excluding hydrogens is 405 g/mol. The van der Waals surface area contributed by atoms with Crippen molar-refractivity contribution < 1.29 is 18.7 Å². The average molecular weight is 428 g/mol. The third-order valence-corrected chi connectivity index (χ3v) is 5.23. The summed E-state index contributed by atoms with van der Waals surface area (Å²) < 4.78 is 17.7. The number of anilines is 1. The Hall–Kier alpha value is -3.26. The van der Waals surface area contributed by atoms with Gasteiger partial charge in [-0.1, -0.05) is 30.3 Å². The van der Waals surface area contributed by atoms with Crippen molar-refractivity contribution in [1.82, 2.24) is 10.3 Å². The summed E-state index contributed by atoms with van der Waals surface area (Å²) >= 11 is 1.36. The Kier molecular flexibility index (Phi) is 7.51. The van der Waals surface area contributed by atoms with E-state index in [1.807, 2.05) is 35.7 Å². The Balaban J connectivity index is 1.75. The minimum Gasteiger partial charge on any atom is -0.453 e. The number of amides is 2. The minimum atomic E-state index is -0.521. The van der Waals surface area contributed by atoms with Gasteiger partial charge in [0.05, 0.1) is 19.3 Å². The Morgan fingerprint density at radius 3 is 2.57 bits per heavy atom. The smallest absolute Gasteiger partial charge is 0.406 e. The first-order valence-corrected chi connectivity index (χ1v) is 10.3. The summed E-state index contributed by atoms with van der Waals surface area (Å²) in [5.74, 6) is -0.402. The van der Waals surface area contributed by atoms with E-state index in [1.165, 1.54) is 30.6 Å². The van der Waals surface area contributed by atoms with E-state index in [0.717, 1.165) is 11.1 Å². The highest BCUT2D eigenvalue weighted by Crippen LogP contribution is 2.29. The van der Waals surface area contributed by atoms with Gasteiger partial charge in [0.15, 0.2) is 5.13 Å². The fourth-order valence-electron chi connectivity index (χ4n) is 2.81. The molecule has 3 rings (SSSR count). The van der Waals surface area contributed by atoms with Gasteiger partial charge in [0.1, 0.15) is 5.82 Å². The van der Waals surface area contributed by atoms with Crippen molar-refractivity contribution in [3.8, 4) is 11.3 Å². The lowest BCUT2D eigenvalue weighted by Crippen LogP contribution is -2.31. The number of ether oxygens (including phenoxy) is 1. The molecule has 1 heterocycles. The van der Waals surface area contributed by atoms with Crippen LogP contribution in [0, 0.1) is 5.82 Å². The quantitative estimate of drug-likeness (QED) is 0.533. The zero-order chi connectivity index (χ0) is 21.3. The lowest BCUT2D eigenvalue weighted by molar-refractivity contribution is -0.118. The number of thiazole rings is 1. The molecule has 2 amide bonds. The molecule has 0 fully saturated rings. The van der Waals surface area contributed by atoms with Crippen LogP contribution in [0.15, 0.2) is 60.0 Å². The van der Waals surface area contributed by atoms with E-state index < -0.39 is 6.09 Å². The van der Waals surface area contributed by atoms with Crippen molar-refractivity contribution in [3.63, 3.8) is 0 Å². The summed E-state index contributed by atoms with van der Waals surface area (Å²) in [5.41, 5.74) is 2.46. The molecule has 0 unspecified atom stereocenters. The molecule has 0 saturated heterocycles. The first-order valence-electron chi connectivity index (χ1n) is 9.44. The number of hydrogen-bond donors (Lipinski definition) is 1. The monoisotopic (exact) mass is 427 g/mol. The van der Waals surface area contributed by atoms with Gasteiger partial charge >= 0.3 is 6.09 Å². The van der Waals surface area contributed by atoms with Gasteiger partial charge in [-0.15, -0.1) is 11.3 Å². The molecule has 30 heavy (non-hydrogen) atoms. The van der Waals surface area contributed by atoms with Crippen molar-refractivity contribution in [2.75, 3.05) is 18.6 Å². The largest absolute Gasteiger partial charge is 0.453 e. The topological polar surface area (TPSA) is 71.5 Å². The molecule has 1 N–H and O–H groups in total. The van der Waals surface area contributed by atoms with E-state index in [-0.39, 0.29) is 18.1 Å². The van der Waals surface area contributed by atoms with E-state index in [4.69, 9.17) is 0 Å². The van der Waals surface area contributed by atoms with Crippen LogP contribution in [0.3, 0.4) is 0 Å². The summed E-state index contributed by atoms with van der Waals surface area (Å²) in [7, 11) is 1.29. The highest BCUT2D eigenvalue weighted by Gasteiger charge is 2.20. The van der Waals surface area contributed by atoms with Crippen LogP contribution in [0.25, 0.3) is 11.3 Å². The first-order chi connectivity index (χ1) is 14.6. The molecule has 0 saturated carbocycles. The van der Waals surface area contributed by atoms with Crippen LogP contribution >= 0.6 is 11.3 Å². The number of alkyl carbamates (subject to hydrolysis) is 1. The van der Waals surface area contributed by atoms with Crippen molar-refractivity contribution >= 4 is 28.5 Å². The highest BCUT2D eigenvalue weighted by atomic mass is 32.1. The van der Waals surface area contributed by atoms with Gasteiger partial charge in [0.25, 0.3) is 0 Å².